The minimum Gasteiger partial charge on any atom is -0.744 e. The van der Waals surface area contributed by atoms with E-state index in [0.717, 1.165) is 56.4 Å². The van der Waals surface area contributed by atoms with Crippen LogP contribution >= 0.6 is 0 Å². The van der Waals surface area contributed by atoms with Gasteiger partial charge in [0.1, 0.15) is 45.2 Å². The lowest BCUT2D eigenvalue weighted by molar-refractivity contribution is 0.413. The van der Waals surface area contributed by atoms with Crippen LogP contribution in [-0.4, -0.2) is 80.9 Å². The first-order valence-corrected chi connectivity index (χ1v) is 20.4. The lowest BCUT2D eigenvalue weighted by Gasteiger charge is -2.31. The van der Waals surface area contributed by atoms with Crippen LogP contribution in [0.25, 0.3) is 33.4 Å². The Labute approximate surface area is 305 Å². The summed E-state index contributed by atoms with van der Waals surface area (Å²) in [7, 11) is -8.28. The van der Waals surface area contributed by atoms with Crippen molar-refractivity contribution < 1.29 is 30.5 Å². The zero-order valence-electron chi connectivity index (χ0n) is 30.1. The quantitative estimate of drug-likeness (QED) is 0.102. The average Bonchev–Trinajstić information content (AvgIpc) is 3.14. The number of ether oxygens (including phenoxy) is 1. The predicted molar refractivity (Wildman–Crippen MR) is 205 cm³/mol. The Morgan fingerprint density at radius 2 is 1.62 bits per heavy atom. The van der Waals surface area contributed by atoms with E-state index in [1.807, 2.05) is 36.4 Å². The van der Waals surface area contributed by atoms with Crippen LogP contribution in [0.4, 0.5) is 17.1 Å². The first-order valence-electron chi connectivity index (χ1n) is 17.5. The molecule has 2 N–H and O–H groups in total. The molecule has 2 heterocycles. The summed E-state index contributed by atoms with van der Waals surface area (Å²) in [5.74, 6) is 1.13. The maximum absolute atomic E-state index is 13.9. The molecule has 0 aromatic heterocycles. The van der Waals surface area contributed by atoms with Crippen molar-refractivity contribution in [2.24, 2.45) is 0 Å². The number of piperazine rings is 1. The molecule has 0 bridgehead atoms. The molecule has 0 radical (unpaired) electrons. The molecule has 1 saturated heterocycles. The van der Waals surface area contributed by atoms with Crippen molar-refractivity contribution >= 4 is 48.2 Å². The lowest BCUT2D eigenvalue weighted by atomic mass is 9.93. The van der Waals surface area contributed by atoms with Crippen LogP contribution < -0.4 is 34.5 Å². The van der Waals surface area contributed by atoms with Crippen LogP contribution in [0.3, 0.4) is 0 Å². The van der Waals surface area contributed by atoms with E-state index in [-0.39, 0.29) is 5.69 Å². The molecule has 3 aromatic carbocycles. The molecule has 6 rings (SSSR count). The van der Waals surface area contributed by atoms with Gasteiger partial charge in [0.2, 0.25) is 5.36 Å². The number of anilines is 3. The van der Waals surface area contributed by atoms with Crippen molar-refractivity contribution in [2.45, 2.75) is 37.5 Å². The van der Waals surface area contributed by atoms with E-state index in [4.69, 9.17) is 9.15 Å². The minimum atomic E-state index is -5.27. The Bertz CT molecular complexity index is 2360. The Kier molecular flexibility index (Phi) is 10.8. The molecule has 3 aliphatic rings. The van der Waals surface area contributed by atoms with Gasteiger partial charge in [-0.3, -0.25) is 4.72 Å². The van der Waals surface area contributed by atoms with Gasteiger partial charge >= 0.3 is 0 Å². The van der Waals surface area contributed by atoms with Gasteiger partial charge in [-0.05, 0) is 81.8 Å². The third-order valence-corrected chi connectivity index (χ3v) is 12.1. The number of benzene rings is 4. The Morgan fingerprint density at radius 1 is 0.885 bits per heavy atom. The summed E-state index contributed by atoms with van der Waals surface area (Å²) in [6, 6.07) is 20.4. The highest BCUT2D eigenvalue weighted by atomic mass is 32.2. The van der Waals surface area contributed by atoms with Crippen molar-refractivity contribution in [2.75, 3.05) is 74.0 Å². The summed E-state index contributed by atoms with van der Waals surface area (Å²) in [6.07, 6.45) is 0. The highest BCUT2D eigenvalue weighted by Gasteiger charge is 2.26. The molecule has 1 aliphatic carbocycles. The summed E-state index contributed by atoms with van der Waals surface area (Å²) in [4.78, 5) is 2.77. The van der Waals surface area contributed by atoms with E-state index in [1.54, 1.807) is 19.2 Å². The molecular formula is C38H45N5O7S2. The molecule has 276 valence electrons. The van der Waals surface area contributed by atoms with Gasteiger partial charge in [0.15, 0.2) is 0 Å². The number of rotatable bonds is 12. The maximum atomic E-state index is 13.9. The zero-order chi connectivity index (χ0) is 37.2. The van der Waals surface area contributed by atoms with E-state index in [9.17, 15) is 21.4 Å². The van der Waals surface area contributed by atoms with Crippen LogP contribution in [0.1, 0.15) is 27.7 Å². The third-order valence-electron chi connectivity index (χ3n) is 9.63. The molecule has 1 fully saturated rings. The van der Waals surface area contributed by atoms with Crippen molar-refractivity contribution in [1.29, 1.82) is 0 Å². The summed E-state index contributed by atoms with van der Waals surface area (Å²) in [5, 5.41) is 4.93. The lowest BCUT2D eigenvalue weighted by Crippen LogP contribution is -2.43. The van der Waals surface area contributed by atoms with E-state index in [1.165, 1.54) is 18.2 Å². The fourth-order valence-electron chi connectivity index (χ4n) is 6.95. The fourth-order valence-corrected chi connectivity index (χ4v) is 9.29. The Balaban J connectivity index is 1.52. The topological polar surface area (TPSA) is 147 Å². The van der Waals surface area contributed by atoms with Gasteiger partial charge in [0.25, 0.3) is 10.0 Å². The second-order valence-corrected chi connectivity index (χ2v) is 15.5. The van der Waals surface area contributed by atoms with Crippen molar-refractivity contribution in [3.05, 3.63) is 78.2 Å². The van der Waals surface area contributed by atoms with Crippen molar-refractivity contribution in [3.8, 4) is 28.2 Å². The number of sulfonamides is 1. The van der Waals surface area contributed by atoms with Crippen molar-refractivity contribution in [1.82, 2.24) is 9.89 Å². The van der Waals surface area contributed by atoms with Gasteiger partial charge in [0.05, 0.1) is 29.4 Å². The molecule has 3 aromatic rings. The van der Waals surface area contributed by atoms with Gasteiger partial charge in [-0.2, -0.15) is 0 Å². The fraction of sp³-hybridized carbons (Fsp3) is 0.342. The highest BCUT2D eigenvalue weighted by molar-refractivity contribution is 7.93. The second kappa shape index (κ2) is 15.2. The highest BCUT2D eigenvalue weighted by Crippen LogP contribution is 2.42. The van der Waals surface area contributed by atoms with Gasteiger partial charge in [-0.1, -0.05) is 6.07 Å². The van der Waals surface area contributed by atoms with Crippen LogP contribution in [0.5, 0.6) is 5.75 Å². The molecule has 0 saturated carbocycles. The first kappa shape index (κ1) is 37.1. The summed E-state index contributed by atoms with van der Waals surface area (Å²) in [5.41, 5.74) is 4.07. The summed E-state index contributed by atoms with van der Waals surface area (Å²) in [6.45, 7) is 14.3. The molecule has 0 unspecified atom stereocenters. The Morgan fingerprint density at radius 3 is 2.27 bits per heavy atom. The van der Waals surface area contributed by atoms with Crippen molar-refractivity contribution in [3.63, 3.8) is 0 Å². The number of nitrogens with one attached hydrogen (secondary N) is 2. The minimum absolute atomic E-state index is 0.197. The molecule has 0 amide bonds. The number of hydrogen-bond acceptors (Lipinski definition) is 10. The first-order chi connectivity index (χ1) is 24.9. The van der Waals surface area contributed by atoms with Crippen LogP contribution in [0.15, 0.2) is 87.0 Å². The van der Waals surface area contributed by atoms with E-state index < -0.39 is 29.9 Å². The van der Waals surface area contributed by atoms with Gasteiger partial charge < -0.3 is 28.8 Å². The molecule has 0 atom stereocenters. The molecule has 52 heavy (non-hydrogen) atoms. The maximum Gasteiger partial charge on any atom is 0.263 e. The SMILES string of the molecule is CCN(CC)c1ccc2c(-c3ccc(S(=O)(=O)Nc4ccc(OC)c(N5CCNCC5)c4)c(S(=O)(=O)[O-])c3)c3ccc(=[N+](CC)CC)cc-3oc2c1. The average molecular weight is 748 g/mol. The Hall–Kier alpha value is -4.63. The van der Waals surface area contributed by atoms with Gasteiger partial charge in [0, 0.05) is 73.6 Å². The number of hydrogen-bond donors (Lipinski definition) is 2. The predicted octanol–water partition coefficient (Wildman–Crippen LogP) is 4.99. The van der Waals surface area contributed by atoms with E-state index >= 15 is 0 Å². The normalized spacial score (nSPS) is 13.8. The molecule has 14 heteroatoms. The third kappa shape index (κ3) is 7.33. The zero-order valence-corrected chi connectivity index (χ0v) is 31.7. The smallest absolute Gasteiger partial charge is 0.263 e. The van der Waals surface area contributed by atoms with E-state index in [2.05, 4.69) is 52.1 Å². The second-order valence-electron chi connectivity index (χ2n) is 12.5. The largest absolute Gasteiger partial charge is 0.744 e. The summed E-state index contributed by atoms with van der Waals surface area (Å²) < 4.78 is 83.2. The number of nitrogens with zero attached hydrogens (tertiary/aromatic N) is 3. The monoisotopic (exact) mass is 747 g/mol. The van der Waals surface area contributed by atoms with E-state index in [0.29, 0.717) is 57.9 Å². The molecule has 2 aliphatic heterocycles. The number of methoxy groups -OCH3 is 1. The van der Waals surface area contributed by atoms with Gasteiger partial charge in [-0.15, -0.1) is 0 Å². The van der Waals surface area contributed by atoms with Crippen LogP contribution in [0, 0.1) is 0 Å². The molecular weight excluding hydrogens is 703 g/mol. The van der Waals surface area contributed by atoms with Gasteiger partial charge in [-0.25, -0.2) is 21.4 Å². The summed E-state index contributed by atoms with van der Waals surface area (Å²) >= 11 is 0. The van der Waals surface area contributed by atoms with Crippen LogP contribution in [0.2, 0.25) is 0 Å². The number of fused-ring (bicyclic) bond motifs is 2. The van der Waals surface area contributed by atoms with Crippen LogP contribution in [-0.2, 0) is 20.1 Å². The molecule has 0 spiro atoms. The molecule has 12 nitrogen and oxygen atoms in total. The standard InChI is InChI=1S/C38H45N5O7S2/c1-6-41(7-2)28-12-14-30-34(24-28)50-35-25-29(42(8-3)9-4)13-15-31(35)38(30)26-10-17-36(37(22-26)52(46,47)48)51(44,45)40-27-11-16-33(49-5)32(23-27)43-20-18-39-19-21-43/h10-17,22-25,39-40H,6-9,18-21H2,1-5H3.